The number of hydrogen-bond acceptors (Lipinski definition) is 8. The fraction of sp³-hybridized carbons (Fsp3) is 0.800. The van der Waals surface area contributed by atoms with Crippen molar-refractivity contribution in [2.75, 3.05) is 13.1 Å². The lowest BCUT2D eigenvalue weighted by Crippen LogP contribution is -2.58. The Morgan fingerprint density at radius 1 is 0.700 bits per heavy atom. The van der Waals surface area contributed by atoms with Crippen LogP contribution in [0.4, 0.5) is 0 Å². The van der Waals surface area contributed by atoms with Crippen LogP contribution >= 0.6 is 0 Å². The smallest absolute Gasteiger partial charge is 0.306 e. The number of carbonyl (C=O) groups is 4. The first-order valence-electron chi connectivity index (χ1n) is 10.1. The molecule has 0 aromatic rings. The molecule has 0 aliphatic carbocycles. The highest BCUT2D eigenvalue weighted by atomic mass is 16.6. The van der Waals surface area contributed by atoms with Gasteiger partial charge in [0.25, 0.3) is 0 Å². The molecule has 10 nitrogen and oxygen atoms in total. The number of nitrogens with one attached hydrogen (secondary N) is 2. The molecule has 30 heavy (non-hydrogen) atoms. The number of esters is 2. The summed E-state index contributed by atoms with van der Waals surface area (Å²) in [5, 5.41) is 5.09. The molecule has 0 unspecified atom stereocenters. The molecule has 10 heteroatoms. The Morgan fingerprint density at radius 3 is 1.27 bits per heavy atom. The zero-order valence-corrected chi connectivity index (χ0v) is 19.0. The molecular formula is C20H38N4O6. The second-order valence-electron chi connectivity index (χ2n) is 9.01. The minimum atomic E-state index is -1.24. The van der Waals surface area contributed by atoms with Crippen molar-refractivity contribution in [2.45, 2.75) is 90.5 Å². The largest absolute Gasteiger partial charge is 0.460 e. The van der Waals surface area contributed by atoms with E-state index in [1.165, 1.54) is 0 Å². The standard InChI is InChI=1S/C20H38N4O6/c1-19(2,3)29-13(25)9-7-11-23-17(27)15(21)16(22)18(28)24-12-8-10-14(26)30-20(4,5)6/h15-16H,7-12,21-22H2,1-6H3,(H,23,27)(H,24,28)/t15-,16-/m1/s1. The molecule has 6 N–H and O–H groups in total. The first-order valence-corrected chi connectivity index (χ1v) is 10.1. The van der Waals surface area contributed by atoms with Gasteiger partial charge in [0.1, 0.15) is 23.3 Å². The van der Waals surface area contributed by atoms with Gasteiger partial charge in [-0.05, 0) is 54.4 Å². The number of nitrogens with two attached hydrogens (primary N) is 2. The van der Waals surface area contributed by atoms with Gasteiger partial charge in [-0.15, -0.1) is 0 Å². The predicted octanol–water partition coefficient (Wildman–Crippen LogP) is 0.117. The quantitative estimate of drug-likeness (QED) is 0.265. The van der Waals surface area contributed by atoms with Crippen molar-refractivity contribution >= 4 is 23.8 Å². The monoisotopic (exact) mass is 430 g/mol. The zero-order chi connectivity index (χ0) is 23.5. The van der Waals surface area contributed by atoms with Crippen molar-refractivity contribution in [3.05, 3.63) is 0 Å². The van der Waals surface area contributed by atoms with E-state index in [1.807, 2.05) is 0 Å². The summed E-state index contributed by atoms with van der Waals surface area (Å²) < 4.78 is 10.3. The van der Waals surface area contributed by atoms with E-state index in [-0.39, 0.29) is 37.9 Å². The molecule has 0 aromatic carbocycles. The Hall–Kier alpha value is -2.20. The van der Waals surface area contributed by atoms with E-state index in [0.717, 1.165) is 0 Å². The van der Waals surface area contributed by atoms with Crippen molar-refractivity contribution in [3.8, 4) is 0 Å². The molecule has 0 spiro atoms. The molecule has 0 aromatic heterocycles. The van der Waals surface area contributed by atoms with Crippen LogP contribution in [-0.2, 0) is 28.7 Å². The third kappa shape index (κ3) is 13.9. The lowest BCUT2D eigenvalue weighted by Gasteiger charge is -2.20. The van der Waals surface area contributed by atoms with Gasteiger partial charge in [-0.3, -0.25) is 19.2 Å². The summed E-state index contributed by atoms with van der Waals surface area (Å²) in [5.41, 5.74) is 10.4. The van der Waals surface area contributed by atoms with Crippen molar-refractivity contribution in [1.29, 1.82) is 0 Å². The Kier molecular flexibility index (Phi) is 11.6. The van der Waals surface area contributed by atoms with Crippen molar-refractivity contribution < 1.29 is 28.7 Å². The highest BCUT2D eigenvalue weighted by Crippen LogP contribution is 2.09. The minimum absolute atomic E-state index is 0.150. The molecule has 0 saturated heterocycles. The van der Waals surface area contributed by atoms with Gasteiger partial charge in [-0.2, -0.15) is 0 Å². The molecule has 0 radical (unpaired) electrons. The summed E-state index contributed by atoms with van der Waals surface area (Å²) in [6.45, 7) is 11.0. The number of ether oxygens (including phenoxy) is 2. The van der Waals surface area contributed by atoms with E-state index in [4.69, 9.17) is 20.9 Å². The Balaban J connectivity index is 4.12. The summed E-state index contributed by atoms with van der Waals surface area (Å²) in [7, 11) is 0. The van der Waals surface area contributed by atoms with Gasteiger partial charge in [-0.25, -0.2) is 0 Å². The summed E-state index contributed by atoms with van der Waals surface area (Å²) in [6.07, 6.45) is 1.05. The van der Waals surface area contributed by atoms with E-state index in [1.54, 1.807) is 41.5 Å². The van der Waals surface area contributed by atoms with Crippen LogP contribution in [-0.4, -0.2) is 60.1 Å². The third-order valence-corrected chi connectivity index (χ3v) is 3.55. The lowest BCUT2D eigenvalue weighted by molar-refractivity contribution is -0.156. The molecular weight excluding hydrogens is 392 g/mol. The topological polar surface area (TPSA) is 163 Å². The second kappa shape index (κ2) is 12.5. The molecule has 0 saturated carbocycles. The molecule has 0 bridgehead atoms. The van der Waals surface area contributed by atoms with Gasteiger partial charge in [0.2, 0.25) is 11.8 Å². The maximum absolute atomic E-state index is 12.0. The summed E-state index contributed by atoms with van der Waals surface area (Å²) in [6, 6.07) is -2.48. The van der Waals surface area contributed by atoms with Crippen LogP contribution in [0.2, 0.25) is 0 Å². The molecule has 0 heterocycles. The number of rotatable bonds is 11. The van der Waals surface area contributed by atoms with Crippen LogP contribution in [0, 0.1) is 0 Å². The van der Waals surface area contributed by atoms with Crippen molar-refractivity contribution in [3.63, 3.8) is 0 Å². The highest BCUT2D eigenvalue weighted by Gasteiger charge is 2.27. The van der Waals surface area contributed by atoms with Gasteiger partial charge in [0.15, 0.2) is 0 Å². The van der Waals surface area contributed by atoms with Gasteiger partial charge < -0.3 is 31.6 Å². The van der Waals surface area contributed by atoms with Crippen LogP contribution < -0.4 is 22.1 Å². The van der Waals surface area contributed by atoms with Crippen molar-refractivity contribution in [1.82, 2.24) is 10.6 Å². The second-order valence-corrected chi connectivity index (χ2v) is 9.01. The first-order chi connectivity index (χ1) is 13.6. The van der Waals surface area contributed by atoms with Crippen LogP contribution in [0.15, 0.2) is 0 Å². The van der Waals surface area contributed by atoms with Crippen molar-refractivity contribution in [2.24, 2.45) is 11.5 Å². The third-order valence-electron chi connectivity index (χ3n) is 3.55. The van der Waals surface area contributed by atoms with E-state index >= 15 is 0 Å². The molecule has 0 aliphatic heterocycles. The average molecular weight is 431 g/mol. The molecule has 2 amide bonds. The molecule has 174 valence electrons. The molecule has 0 rings (SSSR count). The van der Waals surface area contributed by atoms with Crippen LogP contribution in [0.1, 0.15) is 67.2 Å². The van der Waals surface area contributed by atoms with Gasteiger partial charge in [0, 0.05) is 25.9 Å². The zero-order valence-electron chi connectivity index (χ0n) is 19.0. The molecule has 0 fully saturated rings. The number of amides is 2. The maximum Gasteiger partial charge on any atom is 0.306 e. The Bertz CT molecular complexity index is 543. The van der Waals surface area contributed by atoms with Crippen LogP contribution in [0.5, 0.6) is 0 Å². The Morgan fingerprint density at radius 2 is 1.00 bits per heavy atom. The van der Waals surface area contributed by atoms with E-state index in [0.29, 0.717) is 12.8 Å². The summed E-state index contributed by atoms with van der Waals surface area (Å²) in [5.74, 6) is -1.89. The average Bonchev–Trinajstić information content (AvgIpc) is 2.57. The minimum Gasteiger partial charge on any atom is -0.460 e. The van der Waals surface area contributed by atoms with Gasteiger partial charge >= 0.3 is 11.9 Å². The van der Waals surface area contributed by atoms with E-state index < -0.39 is 35.1 Å². The van der Waals surface area contributed by atoms with Crippen LogP contribution in [0.25, 0.3) is 0 Å². The first kappa shape index (κ1) is 27.8. The number of hydrogen-bond donors (Lipinski definition) is 4. The van der Waals surface area contributed by atoms with Gasteiger partial charge in [0.05, 0.1) is 0 Å². The fourth-order valence-electron chi connectivity index (χ4n) is 2.24. The predicted molar refractivity (Wildman–Crippen MR) is 112 cm³/mol. The summed E-state index contributed by atoms with van der Waals surface area (Å²) in [4.78, 5) is 47.3. The normalized spacial score (nSPS) is 13.7. The fourth-order valence-corrected chi connectivity index (χ4v) is 2.24. The SMILES string of the molecule is CC(C)(C)OC(=O)CCCNC(=O)[C@H](N)[C@@H](N)C(=O)NCCCC(=O)OC(C)(C)C. The van der Waals surface area contributed by atoms with E-state index in [9.17, 15) is 19.2 Å². The van der Waals surface area contributed by atoms with Crippen LogP contribution in [0.3, 0.4) is 0 Å². The Labute approximate surface area is 178 Å². The van der Waals surface area contributed by atoms with E-state index in [2.05, 4.69) is 10.6 Å². The highest BCUT2D eigenvalue weighted by molar-refractivity contribution is 5.92. The van der Waals surface area contributed by atoms with Gasteiger partial charge in [-0.1, -0.05) is 0 Å². The number of carbonyl (C=O) groups excluding carboxylic acids is 4. The molecule has 2 atom stereocenters. The lowest BCUT2D eigenvalue weighted by atomic mass is 10.1. The maximum atomic E-state index is 12.0. The molecule has 0 aliphatic rings. The summed E-state index contributed by atoms with van der Waals surface area (Å²) >= 11 is 0.